The van der Waals surface area contributed by atoms with Crippen LogP contribution in [0.2, 0.25) is 0 Å². The number of benzene rings is 2. The van der Waals surface area contributed by atoms with Gasteiger partial charge in [-0.05, 0) is 30.2 Å². The molecular weight excluding hydrogens is 493 g/mol. The van der Waals surface area contributed by atoms with Crippen LogP contribution in [0.3, 0.4) is 0 Å². The van der Waals surface area contributed by atoms with Crippen molar-refractivity contribution in [3.63, 3.8) is 0 Å². The van der Waals surface area contributed by atoms with Crippen LogP contribution in [-0.4, -0.2) is 44.5 Å². The van der Waals surface area contributed by atoms with E-state index in [1.54, 1.807) is 19.2 Å². The van der Waals surface area contributed by atoms with Crippen LogP contribution in [0.1, 0.15) is 34.7 Å². The maximum atomic E-state index is 12.0. The maximum absolute atomic E-state index is 12.0. The highest BCUT2D eigenvalue weighted by Gasteiger charge is 2.24. The summed E-state index contributed by atoms with van der Waals surface area (Å²) in [4.78, 5) is 28.2. The molecule has 0 bridgehead atoms. The van der Waals surface area contributed by atoms with Gasteiger partial charge in [0.2, 0.25) is 5.91 Å². The second-order valence-electron chi connectivity index (χ2n) is 6.89. The lowest BCUT2D eigenvalue weighted by Gasteiger charge is -2.26. The lowest BCUT2D eigenvalue weighted by Crippen LogP contribution is -2.41. The van der Waals surface area contributed by atoms with Gasteiger partial charge in [0.25, 0.3) is 5.91 Å². The van der Waals surface area contributed by atoms with Gasteiger partial charge in [0.15, 0.2) is 5.96 Å². The molecule has 2 aromatic carbocycles. The van der Waals surface area contributed by atoms with E-state index in [-0.39, 0.29) is 41.7 Å². The van der Waals surface area contributed by atoms with Gasteiger partial charge in [-0.1, -0.05) is 36.4 Å². The Hall–Kier alpha value is -2.62. The molecule has 1 unspecified atom stereocenters. The summed E-state index contributed by atoms with van der Waals surface area (Å²) in [7, 11) is 1.72. The normalized spacial score (nSPS) is 15.3. The summed E-state index contributed by atoms with van der Waals surface area (Å²) < 4.78 is 0. The molecule has 0 spiro atoms. The lowest BCUT2D eigenvalue weighted by molar-refractivity contribution is -0.116. The van der Waals surface area contributed by atoms with Crippen LogP contribution in [-0.2, 0) is 4.79 Å². The van der Waals surface area contributed by atoms with Crippen LogP contribution in [0.5, 0.6) is 0 Å². The number of anilines is 1. The van der Waals surface area contributed by atoms with E-state index in [2.05, 4.69) is 26.3 Å². The van der Waals surface area contributed by atoms with E-state index in [0.717, 1.165) is 17.7 Å². The highest BCUT2D eigenvalue weighted by Crippen LogP contribution is 2.31. The molecule has 4 N–H and O–H groups in total. The number of para-hydroxylation sites is 1. The number of hydrogen-bond acceptors (Lipinski definition) is 3. The van der Waals surface area contributed by atoms with E-state index in [1.165, 1.54) is 0 Å². The summed E-state index contributed by atoms with van der Waals surface area (Å²) in [6.45, 7) is 1.87. The van der Waals surface area contributed by atoms with Crippen molar-refractivity contribution in [3.8, 4) is 0 Å². The molecule has 2 amide bonds. The second kappa shape index (κ2) is 12.2. The first-order valence-electron chi connectivity index (χ1n) is 9.84. The number of carbonyl (C=O) groups excluding carboxylic acids is 2. The van der Waals surface area contributed by atoms with Crippen molar-refractivity contribution in [2.45, 2.75) is 18.8 Å². The monoisotopic (exact) mass is 521 g/mol. The molecule has 3 rings (SSSR count). The van der Waals surface area contributed by atoms with Gasteiger partial charge in [0.05, 0.1) is 0 Å². The number of fused-ring (bicyclic) bond motifs is 1. The summed E-state index contributed by atoms with van der Waals surface area (Å²) in [5.41, 5.74) is 2.68. The van der Waals surface area contributed by atoms with E-state index in [1.807, 2.05) is 42.5 Å². The molecule has 0 fully saturated rings. The Morgan fingerprint density at radius 2 is 1.73 bits per heavy atom. The summed E-state index contributed by atoms with van der Waals surface area (Å²) in [6.07, 6.45) is 1.22. The van der Waals surface area contributed by atoms with Crippen LogP contribution >= 0.6 is 24.0 Å². The molecule has 7 nitrogen and oxygen atoms in total. The minimum absolute atomic E-state index is 0. The fraction of sp³-hybridized carbons (Fsp3) is 0.318. The third-order valence-corrected chi connectivity index (χ3v) is 4.81. The standard InChI is InChI=1S/C22H27N5O2.HI/c1-23-22(25-13-7-12-24-21(29)16-8-3-2-4-9-16)26-15-17-14-20(28)27-19-11-6-5-10-18(17)19;/h2-6,8-11,17H,7,12-15H2,1H3,(H,24,29)(H,27,28)(H2,23,25,26);1H. The zero-order valence-electron chi connectivity index (χ0n) is 17.0. The van der Waals surface area contributed by atoms with Crippen LogP contribution in [0.25, 0.3) is 0 Å². The molecule has 1 atom stereocenters. The lowest BCUT2D eigenvalue weighted by atomic mass is 9.90. The minimum atomic E-state index is -0.0673. The van der Waals surface area contributed by atoms with Crippen LogP contribution in [0.4, 0.5) is 5.69 Å². The molecule has 0 aromatic heterocycles. The minimum Gasteiger partial charge on any atom is -0.356 e. The number of hydrogen-bond donors (Lipinski definition) is 4. The summed E-state index contributed by atoms with van der Waals surface area (Å²) in [5, 5.41) is 12.4. The third-order valence-electron chi connectivity index (χ3n) is 4.81. The van der Waals surface area contributed by atoms with Gasteiger partial charge in [-0.2, -0.15) is 0 Å². The molecule has 8 heteroatoms. The molecule has 1 heterocycles. The predicted molar refractivity (Wildman–Crippen MR) is 131 cm³/mol. The van der Waals surface area contributed by atoms with Gasteiger partial charge in [0.1, 0.15) is 0 Å². The molecular formula is C22H28IN5O2. The summed E-state index contributed by atoms with van der Waals surface area (Å²) in [6, 6.07) is 17.1. The Labute approximate surface area is 194 Å². The van der Waals surface area contributed by atoms with E-state index in [4.69, 9.17) is 0 Å². The first-order chi connectivity index (χ1) is 14.2. The van der Waals surface area contributed by atoms with Gasteiger partial charge in [0, 0.05) is 50.3 Å². The zero-order valence-corrected chi connectivity index (χ0v) is 19.3. The van der Waals surface area contributed by atoms with Gasteiger partial charge < -0.3 is 21.3 Å². The topological polar surface area (TPSA) is 94.6 Å². The van der Waals surface area contributed by atoms with Gasteiger partial charge in [-0.15, -0.1) is 24.0 Å². The summed E-state index contributed by atoms with van der Waals surface area (Å²) in [5.74, 6) is 0.751. The first kappa shape index (κ1) is 23.7. The van der Waals surface area contributed by atoms with E-state index >= 15 is 0 Å². The second-order valence-corrected chi connectivity index (χ2v) is 6.89. The molecule has 2 aromatic rings. The van der Waals surface area contributed by atoms with Gasteiger partial charge in [-0.25, -0.2) is 0 Å². The number of carbonyl (C=O) groups is 2. The predicted octanol–water partition coefficient (Wildman–Crippen LogP) is 2.72. The molecule has 0 aliphatic carbocycles. The Kier molecular flexibility index (Phi) is 9.59. The van der Waals surface area contributed by atoms with E-state index in [0.29, 0.717) is 37.6 Å². The van der Waals surface area contributed by atoms with Gasteiger partial charge >= 0.3 is 0 Å². The quantitative estimate of drug-likeness (QED) is 0.195. The molecule has 0 saturated carbocycles. The molecule has 30 heavy (non-hydrogen) atoms. The number of nitrogens with zero attached hydrogens (tertiary/aromatic N) is 1. The van der Waals surface area contributed by atoms with Crippen LogP contribution in [0.15, 0.2) is 59.6 Å². The average Bonchev–Trinajstić information content (AvgIpc) is 2.75. The fourth-order valence-corrected chi connectivity index (χ4v) is 3.31. The number of amides is 2. The van der Waals surface area contributed by atoms with E-state index in [9.17, 15) is 9.59 Å². The van der Waals surface area contributed by atoms with Crippen molar-refractivity contribution < 1.29 is 9.59 Å². The number of guanidine groups is 1. The fourth-order valence-electron chi connectivity index (χ4n) is 3.31. The van der Waals surface area contributed by atoms with Crippen molar-refractivity contribution in [2.24, 2.45) is 4.99 Å². The first-order valence-corrected chi connectivity index (χ1v) is 9.84. The van der Waals surface area contributed by atoms with E-state index < -0.39 is 0 Å². The summed E-state index contributed by atoms with van der Waals surface area (Å²) >= 11 is 0. The molecule has 1 aliphatic heterocycles. The number of nitrogens with one attached hydrogen (secondary N) is 4. The van der Waals surface area contributed by atoms with Crippen molar-refractivity contribution in [1.82, 2.24) is 16.0 Å². The zero-order chi connectivity index (χ0) is 20.5. The molecule has 0 saturated heterocycles. The van der Waals surface area contributed by atoms with Crippen LogP contribution < -0.4 is 21.3 Å². The van der Waals surface area contributed by atoms with Crippen molar-refractivity contribution >= 4 is 47.4 Å². The number of aliphatic imine (C=N–C) groups is 1. The maximum Gasteiger partial charge on any atom is 0.251 e. The largest absolute Gasteiger partial charge is 0.356 e. The average molecular weight is 521 g/mol. The van der Waals surface area contributed by atoms with Crippen molar-refractivity contribution in [2.75, 3.05) is 32.0 Å². The Morgan fingerprint density at radius 3 is 2.50 bits per heavy atom. The van der Waals surface area contributed by atoms with Gasteiger partial charge in [-0.3, -0.25) is 14.6 Å². The SMILES string of the molecule is CN=C(NCCCNC(=O)c1ccccc1)NCC1CC(=O)Nc2ccccc21.I. The number of rotatable bonds is 7. The highest BCUT2D eigenvalue weighted by molar-refractivity contribution is 14.0. The Balaban J connectivity index is 0.00000320. The third kappa shape index (κ3) is 6.72. The Bertz CT molecular complexity index is 873. The van der Waals surface area contributed by atoms with Crippen LogP contribution in [0, 0.1) is 0 Å². The van der Waals surface area contributed by atoms with Crippen molar-refractivity contribution in [3.05, 3.63) is 65.7 Å². The Morgan fingerprint density at radius 1 is 1.03 bits per heavy atom. The number of halogens is 1. The molecule has 1 aliphatic rings. The molecule has 0 radical (unpaired) electrons. The highest BCUT2D eigenvalue weighted by atomic mass is 127. The smallest absolute Gasteiger partial charge is 0.251 e. The van der Waals surface area contributed by atoms with Crippen molar-refractivity contribution in [1.29, 1.82) is 0 Å². The molecule has 160 valence electrons.